The standard InChI is InChI=1S/C11H22N3Si2.3CH3.Sn/c1-15(2,3)13-10-8-7-9-11(12-10)14-16(4,5)6;;;;/h7-9H,1-6H3,(H-,12,13,14);3*1H3;/q-1;;;;+1. The Morgan fingerprint density at radius 2 is 1.55 bits per heavy atom. The first-order valence-corrected chi connectivity index (χ1v) is 24.1. The van der Waals surface area contributed by atoms with Crippen LogP contribution in [0.5, 0.6) is 0 Å². The van der Waals surface area contributed by atoms with Crippen molar-refractivity contribution in [3.05, 3.63) is 18.2 Å². The number of hydrogen-bond donors (Lipinski definition) is 1. The summed E-state index contributed by atoms with van der Waals surface area (Å²) in [6, 6.07) is 6.44. The summed E-state index contributed by atoms with van der Waals surface area (Å²) in [5.41, 5.74) is 0. The Balaban J connectivity index is 3.20. The van der Waals surface area contributed by atoms with E-state index in [4.69, 9.17) is 4.98 Å². The summed E-state index contributed by atoms with van der Waals surface area (Å²) in [5, 5.41) is 0. The average Bonchev–Trinajstić information content (AvgIpc) is 2.09. The van der Waals surface area contributed by atoms with Crippen molar-refractivity contribution in [2.24, 2.45) is 0 Å². The quantitative estimate of drug-likeness (QED) is 0.699. The van der Waals surface area contributed by atoms with Crippen molar-refractivity contribution in [2.45, 2.75) is 54.1 Å². The summed E-state index contributed by atoms with van der Waals surface area (Å²) < 4.78 is 2.73. The summed E-state index contributed by atoms with van der Waals surface area (Å²) in [4.78, 5) is 16.0. The van der Waals surface area contributed by atoms with Gasteiger partial charge in [-0.15, -0.1) is 0 Å². The first-order valence-electron chi connectivity index (χ1n) is 7.36. The van der Waals surface area contributed by atoms with Gasteiger partial charge in [0.05, 0.1) is 0 Å². The molecule has 20 heavy (non-hydrogen) atoms. The molecule has 1 rings (SSSR count). The minimum atomic E-state index is -2.21. The average molecular weight is 416 g/mol. The summed E-state index contributed by atoms with van der Waals surface area (Å²) >= 11 is -2.21. The van der Waals surface area contributed by atoms with Crippen molar-refractivity contribution in [1.82, 2.24) is 4.98 Å². The van der Waals surface area contributed by atoms with Crippen LogP contribution in [0.4, 0.5) is 11.6 Å². The molecule has 0 aliphatic heterocycles. The molecule has 114 valence electrons. The molecular formula is C14H31N3Si2Sn. The van der Waals surface area contributed by atoms with Crippen LogP contribution >= 0.6 is 0 Å². The van der Waals surface area contributed by atoms with Crippen molar-refractivity contribution in [3.8, 4) is 0 Å². The van der Waals surface area contributed by atoms with E-state index in [2.05, 4.69) is 80.1 Å². The van der Waals surface area contributed by atoms with Crippen molar-refractivity contribution < 1.29 is 0 Å². The summed E-state index contributed by atoms with van der Waals surface area (Å²) in [7, 11) is -2.75. The van der Waals surface area contributed by atoms with Crippen LogP contribution in [-0.2, 0) is 0 Å². The minimum absolute atomic E-state index is 1.04. The first kappa shape index (κ1) is 18.0. The molecule has 1 heterocycles. The van der Waals surface area contributed by atoms with Crippen LogP contribution in [0.1, 0.15) is 0 Å². The SMILES string of the molecule is C[Si](C)(C)Nc1cccc([N]([Si](C)(C)C)[Sn]([CH3])([CH3])[CH3])n1. The Kier molecular flexibility index (Phi) is 5.41. The topological polar surface area (TPSA) is 28.2 Å². The Morgan fingerprint density at radius 1 is 1.00 bits per heavy atom. The van der Waals surface area contributed by atoms with Crippen LogP contribution in [0.25, 0.3) is 0 Å². The van der Waals surface area contributed by atoms with E-state index >= 15 is 0 Å². The van der Waals surface area contributed by atoms with Crippen LogP contribution < -0.4 is 7.77 Å². The zero-order valence-corrected chi connectivity index (χ0v) is 19.5. The van der Waals surface area contributed by atoms with Gasteiger partial charge in [0.1, 0.15) is 0 Å². The molecule has 0 radical (unpaired) electrons. The number of nitrogens with zero attached hydrogens (tertiary/aromatic N) is 2. The molecule has 0 amide bonds. The van der Waals surface area contributed by atoms with E-state index < -0.39 is 35.1 Å². The molecule has 0 aromatic carbocycles. The Labute approximate surface area is 131 Å². The van der Waals surface area contributed by atoms with E-state index in [0.29, 0.717) is 0 Å². The van der Waals surface area contributed by atoms with Gasteiger partial charge in [0.2, 0.25) is 0 Å². The maximum absolute atomic E-state index is 4.93. The summed E-state index contributed by atoms with van der Waals surface area (Å²) in [6.07, 6.45) is 0. The Morgan fingerprint density at radius 3 is 1.95 bits per heavy atom. The predicted octanol–water partition coefficient (Wildman–Crippen LogP) is 4.80. The fraction of sp³-hybridized carbons (Fsp3) is 0.643. The van der Waals surface area contributed by atoms with Gasteiger partial charge in [-0.25, -0.2) is 0 Å². The summed E-state index contributed by atoms with van der Waals surface area (Å²) in [6.45, 7) is 14.2. The number of anilines is 2. The van der Waals surface area contributed by atoms with Gasteiger partial charge in [-0.1, -0.05) is 0 Å². The molecule has 0 saturated heterocycles. The zero-order valence-electron chi connectivity index (χ0n) is 14.6. The fourth-order valence-corrected chi connectivity index (χ4v) is 26.0. The summed E-state index contributed by atoms with van der Waals surface area (Å²) in [5.74, 6) is 2.23. The van der Waals surface area contributed by atoms with E-state index in [-0.39, 0.29) is 0 Å². The van der Waals surface area contributed by atoms with E-state index in [9.17, 15) is 0 Å². The second-order valence-electron chi connectivity index (χ2n) is 8.43. The van der Waals surface area contributed by atoms with Gasteiger partial charge in [0.25, 0.3) is 0 Å². The van der Waals surface area contributed by atoms with Gasteiger partial charge in [-0.2, -0.15) is 0 Å². The maximum atomic E-state index is 4.93. The number of rotatable bonds is 5. The molecule has 0 aliphatic rings. The molecule has 0 fully saturated rings. The molecule has 0 aliphatic carbocycles. The molecule has 6 heteroatoms. The van der Waals surface area contributed by atoms with Gasteiger partial charge in [0.15, 0.2) is 0 Å². The molecule has 0 bridgehead atoms. The van der Waals surface area contributed by atoms with Crippen molar-refractivity contribution in [1.29, 1.82) is 0 Å². The van der Waals surface area contributed by atoms with Gasteiger partial charge in [-0.3, -0.25) is 0 Å². The third-order valence-corrected chi connectivity index (χ3v) is 20.1. The van der Waals surface area contributed by atoms with E-state index in [1.165, 1.54) is 5.82 Å². The second kappa shape index (κ2) is 6.00. The molecule has 0 unspecified atom stereocenters. The molecule has 0 saturated carbocycles. The molecule has 3 nitrogen and oxygen atoms in total. The van der Waals surface area contributed by atoms with Gasteiger partial charge >= 0.3 is 132 Å². The van der Waals surface area contributed by atoms with E-state index in [1.54, 1.807) is 0 Å². The van der Waals surface area contributed by atoms with Crippen LogP contribution in [0, 0.1) is 0 Å². The molecule has 0 atom stereocenters. The van der Waals surface area contributed by atoms with Crippen LogP contribution in [0.3, 0.4) is 0 Å². The van der Waals surface area contributed by atoms with Crippen LogP contribution in [0.15, 0.2) is 18.2 Å². The third kappa shape index (κ3) is 5.40. The molecule has 0 spiro atoms. The molecule has 1 aromatic heterocycles. The number of nitrogens with one attached hydrogen (secondary N) is 1. The first-order chi connectivity index (χ1) is 8.81. The number of pyridine rings is 1. The third-order valence-electron chi connectivity index (χ3n) is 2.81. The van der Waals surface area contributed by atoms with Crippen molar-refractivity contribution in [2.75, 3.05) is 7.77 Å². The van der Waals surface area contributed by atoms with Crippen LogP contribution in [-0.4, -0.2) is 40.1 Å². The van der Waals surface area contributed by atoms with E-state index in [1.807, 2.05) is 0 Å². The van der Waals surface area contributed by atoms with Crippen molar-refractivity contribution in [3.63, 3.8) is 0 Å². The van der Waals surface area contributed by atoms with Gasteiger partial charge in [0, 0.05) is 0 Å². The van der Waals surface area contributed by atoms with Crippen molar-refractivity contribution >= 4 is 46.8 Å². The Bertz CT molecular complexity index is 445. The van der Waals surface area contributed by atoms with Crippen LogP contribution in [0.2, 0.25) is 54.1 Å². The second-order valence-corrected chi connectivity index (χ2v) is 32.9. The normalized spacial score (nSPS) is 13.2. The molecular weight excluding hydrogens is 385 g/mol. The Hall–Kier alpha value is -0.0175. The number of aromatic nitrogens is 1. The monoisotopic (exact) mass is 417 g/mol. The van der Waals surface area contributed by atoms with Gasteiger partial charge < -0.3 is 0 Å². The number of hydrogen-bond acceptors (Lipinski definition) is 3. The molecule has 1 N–H and O–H groups in total. The predicted molar refractivity (Wildman–Crippen MR) is 100 cm³/mol. The van der Waals surface area contributed by atoms with Gasteiger partial charge in [-0.05, 0) is 0 Å². The molecule has 1 aromatic rings. The zero-order chi connectivity index (χ0) is 15.8. The van der Waals surface area contributed by atoms with E-state index in [0.717, 1.165) is 5.82 Å². The fourth-order valence-electron chi connectivity index (χ4n) is 2.70.